The first kappa shape index (κ1) is 18.8. The highest BCUT2D eigenvalue weighted by Crippen LogP contribution is 2.24. The molecule has 2 heterocycles. The molecule has 3 aromatic rings. The number of aliphatic hydroxyl groups excluding tert-OH is 1. The number of rotatable bonds is 6. The lowest BCUT2D eigenvalue weighted by atomic mass is 10.1. The zero-order valence-corrected chi connectivity index (χ0v) is 16.0. The summed E-state index contributed by atoms with van der Waals surface area (Å²) in [6.45, 7) is 2.43. The van der Waals surface area contributed by atoms with Crippen molar-refractivity contribution in [2.45, 2.75) is 24.7 Å². The molecule has 0 fully saturated rings. The second-order valence-corrected chi connectivity index (χ2v) is 7.37. The Morgan fingerprint density at radius 2 is 2.15 bits per heavy atom. The summed E-state index contributed by atoms with van der Waals surface area (Å²) < 4.78 is 3.08. The van der Waals surface area contributed by atoms with E-state index in [1.165, 1.54) is 16.3 Å². The molecule has 0 amide bonds. The number of thioether (sulfide) groups is 1. The minimum atomic E-state index is -0.684. The monoisotopic (exact) mass is 394 g/mol. The summed E-state index contributed by atoms with van der Waals surface area (Å²) in [5, 5.41) is 10.3. The van der Waals surface area contributed by atoms with Crippen LogP contribution in [0.5, 0.6) is 0 Å². The minimum absolute atomic E-state index is 0.115. The first-order chi connectivity index (χ1) is 12.4. The summed E-state index contributed by atoms with van der Waals surface area (Å²) >= 11 is 6.97. The number of hydrogen-bond donors (Lipinski definition) is 2. The van der Waals surface area contributed by atoms with E-state index in [4.69, 9.17) is 11.6 Å². The summed E-state index contributed by atoms with van der Waals surface area (Å²) in [5.74, 6) is 0.455. The lowest BCUT2D eigenvalue weighted by Gasteiger charge is -2.10. The number of hydrogen-bond acceptors (Lipinski definition) is 5. The Hall–Kier alpha value is -2.03. The molecular formula is C17H19ClN4O3S. The Balaban J connectivity index is 2.14. The van der Waals surface area contributed by atoms with Crippen molar-refractivity contribution in [1.29, 1.82) is 0 Å². The second kappa shape index (κ2) is 7.69. The van der Waals surface area contributed by atoms with Crippen LogP contribution in [0, 0.1) is 6.92 Å². The molecule has 1 aromatic carbocycles. The van der Waals surface area contributed by atoms with E-state index in [1.807, 2.05) is 31.2 Å². The molecule has 0 saturated heterocycles. The summed E-state index contributed by atoms with van der Waals surface area (Å²) in [4.78, 5) is 31.1. The number of alkyl halides is 1. The zero-order chi connectivity index (χ0) is 18.8. The number of aromatic amines is 1. The van der Waals surface area contributed by atoms with Crippen molar-refractivity contribution < 1.29 is 5.11 Å². The molecule has 0 radical (unpaired) electrons. The molecule has 0 aliphatic rings. The number of H-pyrrole nitrogens is 1. The molecule has 26 heavy (non-hydrogen) atoms. The molecule has 138 valence electrons. The molecule has 2 N–H and O–H groups in total. The van der Waals surface area contributed by atoms with Gasteiger partial charge < -0.3 is 9.67 Å². The zero-order valence-electron chi connectivity index (χ0n) is 14.4. The Bertz CT molecular complexity index is 1060. The summed E-state index contributed by atoms with van der Waals surface area (Å²) in [6.07, 6.45) is -0.684. The van der Waals surface area contributed by atoms with Gasteiger partial charge in [-0.05, 0) is 12.5 Å². The maximum Gasteiger partial charge on any atom is 0.329 e. The van der Waals surface area contributed by atoms with Gasteiger partial charge in [0.05, 0.1) is 12.6 Å². The van der Waals surface area contributed by atoms with Gasteiger partial charge in [0, 0.05) is 18.7 Å². The normalized spacial score (nSPS) is 12.6. The second-order valence-electron chi connectivity index (χ2n) is 6.08. The maximum absolute atomic E-state index is 12.4. The van der Waals surface area contributed by atoms with E-state index in [2.05, 4.69) is 9.97 Å². The van der Waals surface area contributed by atoms with Crippen LogP contribution in [0.3, 0.4) is 0 Å². The Labute approximate surface area is 158 Å². The molecule has 0 bridgehead atoms. The van der Waals surface area contributed by atoms with Crippen LogP contribution in [0.1, 0.15) is 11.1 Å². The predicted molar refractivity (Wildman–Crippen MR) is 103 cm³/mol. The van der Waals surface area contributed by atoms with Crippen molar-refractivity contribution in [3.63, 3.8) is 0 Å². The summed E-state index contributed by atoms with van der Waals surface area (Å²) in [6, 6.07) is 7.95. The Morgan fingerprint density at radius 3 is 2.85 bits per heavy atom. The number of nitrogens with zero attached hydrogens (tertiary/aromatic N) is 3. The number of nitrogens with one attached hydrogen (secondary N) is 1. The van der Waals surface area contributed by atoms with Crippen molar-refractivity contribution in [3.05, 3.63) is 56.2 Å². The van der Waals surface area contributed by atoms with E-state index in [0.29, 0.717) is 28.6 Å². The average molecular weight is 395 g/mol. The van der Waals surface area contributed by atoms with Crippen molar-refractivity contribution >= 4 is 34.5 Å². The first-order valence-electron chi connectivity index (χ1n) is 8.02. The van der Waals surface area contributed by atoms with Gasteiger partial charge in [0.2, 0.25) is 0 Å². The standard InChI is InChI=1S/C17H19ClN4O3S/c1-10-4-3-5-11(6-10)8-22-13-14(21(2)16(25)20-15(13)24)19-17(22)26-9-12(23)7-18/h3-6,12,23H,7-9H2,1-2H3,(H,20,24,25)/t12-/m0/s1. The van der Waals surface area contributed by atoms with Crippen molar-refractivity contribution in [3.8, 4) is 0 Å². The third-order valence-corrected chi connectivity index (χ3v) is 5.46. The van der Waals surface area contributed by atoms with E-state index < -0.39 is 17.4 Å². The van der Waals surface area contributed by atoms with Gasteiger partial charge in [-0.2, -0.15) is 0 Å². The fourth-order valence-electron chi connectivity index (χ4n) is 2.68. The quantitative estimate of drug-likeness (QED) is 0.488. The van der Waals surface area contributed by atoms with Crippen LogP contribution < -0.4 is 11.2 Å². The fraction of sp³-hybridized carbons (Fsp3) is 0.353. The molecule has 2 aromatic heterocycles. The Kier molecular flexibility index (Phi) is 5.55. The van der Waals surface area contributed by atoms with Crippen molar-refractivity contribution in [1.82, 2.24) is 19.1 Å². The molecular weight excluding hydrogens is 376 g/mol. The van der Waals surface area contributed by atoms with Gasteiger partial charge in [-0.25, -0.2) is 9.78 Å². The highest BCUT2D eigenvalue weighted by atomic mass is 35.5. The van der Waals surface area contributed by atoms with Gasteiger partial charge >= 0.3 is 5.69 Å². The van der Waals surface area contributed by atoms with Crippen LogP contribution in [0.4, 0.5) is 0 Å². The average Bonchev–Trinajstić information content (AvgIpc) is 2.96. The molecule has 9 heteroatoms. The van der Waals surface area contributed by atoms with Crippen LogP contribution in [0.2, 0.25) is 0 Å². The number of aliphatic hydroxyl groups is 1. The van der Waals surface area contributed by atoms with Gasteiger partial charge in [-0.1, -0.05) is 41.6 Å². The highest BCUT2D eigenvalue weighted by molar-refractivity contribution is 7.99. The lowest BCUT2D eigenvalue weighted by Crippen LogP contribution is -2.29. The first-order valence-corrected chi connectivity index (χ1v) is 9.54. The van der Waals surface area contributed by atoms with Crippen molar-refractivity contribution in [2.24, 2.45) is 7.05 Å². The van der Waals surface area contributed by atoms with Gasteiger partial charge in [0.25, 0.3) is 5.56 Å². The van der Waals surface area contributed by atoms with E-state index in [9.17, 15) is 14.7 Å². The largest absolute Gasteiger partial charge is 0.391 e. The molecule has 0 unspecified atom stereocenters. The highest BCUT2D eigenvalue weighted by Gasteiger charge is 2.19. The van der Waals surface area contributed by atoms with E-state index in [-0.39, 0.29) is 5.88 Å². The third kappa shape index (κ3) is 3.72. The van der Waals surface area contributed by atoms with E-state index in [1.54, 1.807) is 11.6 Å². The van der Waals surface area contributed by atoms with Crippen LogP contribution in [0.15, 0.2) is 39.0 Å². The number of aryl methyl sites for hydroxylation is 2. The topological polar surface area (TPSA) is 92.9 Å². The Morgan fingerprint density at radius 1 is 1.38 bits per heavy atom. The molecule has 1 atom stereocenters. The predicted octanol–water partition coefficient (Wildman–Crippen LogP) is 1.47. The summed E-state index contributed by atoms with van der Waals surface area (Å²) in [7, 11) is 1.56. The van der Waals surface area contributed by atoms with E-state index in [0.717, 1.165) is 11.1 Å². The van der Waals surface area contributed by atoms with Crippen LogP contribution in [-0.4, -0.2) is 41.9 Å². The number of imidazole rings is 1. The van der Waals surface area contributed by atoms with Gasteiger partial charge in [0.15, 0.2) is 16.3 Å². The van der Waals surface area contributed by atoms with Crippen LogP contribution in [0.25, 0.3) is 11.2 Å². The number of halogens is 1. The summed E-state index contributed by atoms with van der Waals surface area (Å²) in [5.41, 5.74) is 1.77. The number of aromatic nitrogens is 4. The number of fused-ring (bicyclic) bond motifs is 1. The SMILES string of the molecule is Cc1cccc(Cn2c(SC[C@@H](O)CCl)nc3c2c(=O)[nH]c(=O)n3C)c1. The minimum Gasteiger partial charge on any atom is -0.391 e. The molecule has 7 nitrogen and oxygen atoms in total. The maximum atomic E-state index is 12.4. The number of benzene rings is 1. The van der Waals surface area contributed by atoms with Crippen molar-refractivity contribution in [2.75, 3.05) is 11.6 Å². The molecule has 0 aliphatic carbocycles. The van der Waals surface area contributed by atoms with Crippen LogP contribution >= 0.6 is 23.4 Å². The van der Waals surface area contributed by atoms with E-state index >= 15 is 0 Å². The smallest absolute Gasteiger partial charge is 0.329 e. The van der Waals surface area contributed by atoms with Gasteiger partial charge in [0.1, 0.15) is 0 Å². The van der Waals surface area contributed by atoms with Crippen LogP contribution in [-0.2, 0) is 13.6 Å². The molecule has 0 spiro atoms. The lowest BCUT2D eigenvalue weighted by molar-refractivity contribution is 0.223. The van der Waals surface area contributed by atoms with Gasteiger partial charge in [-0.3, -0.25) is 14.3 Å². The molecule has 0 saturated carbocycles. The molecule has 3 rings (SSSR count). The third-order valence-electron chi connectivity index (χ3n) is 3.98. The fourth-order valence-corrected chi connectivity index (χ4v) is 3.84. The molecule has 0 aliphatic heterocycles. The van der Waals surface area contributed by atoms with Gasteiger partial charge in [-0.15, -0.1) is 11.6 Å².